The molecule has 1 aromatic carbocycles. The maximum Gasteiger partial charge on any atom is 0.331 e. The maximum atomic E-state index is 12.7. The summed E-state index contributed by atoms with van der Waals surface area (Å²) < 4.78 is 12.5. The first kappa shape index (κ1) is 22.6. The van der Waals surface area contributed by atoms with E-state index in [1.165, 1.54) is 37.3 Å². The third kappa shape index (κ3) is 6.20. The Labute approximate surface area is 184 Å². The molecule has 0 bridgehead atoms. The number of Topliss-reactive ketones (excluding diaryl/α,β-unsaturated/α-hetero) is 1. The zero-order valence-electron chi connectivity index (χ0n) is 18.6. The summed E-state index contributed by atoms with van der Waals surface area (Å²) in [6, 6.07) is 9.24. The summed E-state index contributed by atoms with van der Waals surface area (Å²) in [5.41, 5.74) is 4.95. The lowest BCUT2D eigenvalue weighted by Gasteiger charge is -2.15. The Morgan fingerprint density at radius 1 is 1.16 bits per heavy atom. The number of rotatable bonds is 9. The average Bonchev–Trinajstić information content (AvgIpc) is 3.08. The van der Waals surface area contributed by atoms with Crippen LogP contribution in [0, 0.1) is 13.8 Å². The number of carbonyl (C=O) groups is 2. The minimum Gasteiger partial charge on any atom is -0.497 e. The van der Waals surface area contributed by atoms with E-state index in [0.29, 0.717) is 11.3 Å². The molecule has 0 atom stereocenters. The lowest BCUT2D eigenvalue weighted by Crippen LogP contribution is -2.14. The second-order valence-electron chi connectivity index (χ2n) is 7.94. The van der Waals surface area contributed by atoms with E-state index in [9.17, 15) is 9.59 Å². The van der Waals surface area contributed by atoms with E-state index in [4.69, 9.17) is 9.47 Å². The van der Waals surface area contributed by atoms with Gasteiger partial charge in [-0.15, -0.1) is 0 Å². The SMILES string of the molecule is COc1cccc(/C=C/C(=O)OCC(=O)c2cc(C)n(CCC3=CCCCC3)c2C)c1. The molecule has 0 unspecified atom stereocenters. The Kier molecular flexibility index (Phi) is 7.88. The number of aryl methyl sites for hydroxylation is 1. The minimum absolute atomic E-state index is 0.181. The van der Waals surface area contributed by atoms with Gasteiger partial charge in [0.2, 0.25) is 5.78 Å². The summed E-state index contributed by atoms with van der Waals surface area (Å²) in [5.74, 6) is -0.0191. The first-order chi connectivity index (χ1) is 15.0. The number of ketones is 1. The number of allylic oxidation sites excluding steroid dienone is 2. The van der Waals surface area contributed by atoms with Gasteiger partial charge in [-0.05, 0) is 75.8 Å². The molecule has 0 saturated carbocycles. The molecule has 0 fully saturated rings. The molecule has 0 amide bonds. The van der Waals surface area contributed by atoms with Gasteiger partial charge in [-0.3, -0.25) is 4.79 Å². The monoisotopic (exact) mass is 421 g/mol. The second kappa shape index (κ2) is 10.8. The molecular formula is C26H31NO4. The van der Waals surface area contributed by atoms with Gasteiger partial charge in [0.05, 0.1) is 7.11 Å². The molecule has 1 heterocycles. The molecule has 1 aliphatic carbocycles. The number of esters is 1. The van der Waals surface area contributed by atoms with Crippen molar-refractivity contribution in [1.29, 1.82) is 0 Å². The zero-order chi connectivity index (χ0) is 22.2. The fraction of sp³-hybridized carbons (Fsp3) is 0.385. The van der Waals surface area contributed by atoms with Crippen molar-refractivity contribution in [2.75, 3.05) is 13.7 Å². The Morgan fingerprint density at radius 2 is 2.00 bits per heavy atom. The Balaban J connectivity index is 1.55. The molecule has 1 aromatic heterocycles. The van der Waals surface area contributed by atoms with E-state index >= 15 is 0 Å². The number of nitrogens with zero attached hydrogens (tertiary/aromatic N) is 1. The van der Waals surface area contributed by atoms with Gasteiger partial charge in [-0.2, -0.15) is 0 Å². The molecule has 1 aliphatic rings. The first-order valence-corrected chi connectivity index (χ1v) is 10.8. The van der Waals surface area contributed by atoms with Gasteiger partial charge in [-0.1, -0.05) is 23.8 Å². The molecule has 0 spiro atoms. The highest BCUT2D eigenvalue weighted by atomic mass is 16.5. The summed E-state index contributed by atoms with van der Waals surface area (Å²) >= 11 is 0. The normalized spacial score (nSPS) is 13.8. The third-order valence-electron chi connectivity index (χ3n) is 5.77. The van der Waals surface area contributed by atoms with Crippen LogP contribution in [0.2, 0.25) is 0 Å². The van der Waals surface area contributed by atoms with Crippen LogP contribution in [0.25, 0.3) is 6.08 Å². The van der Waals surface area contributed by atoms with Crippen LogP contribution in [0.4, 0.5) is 0 Å². The molecule has 0 radical (unpaired) electrons. The third-order valence-corrected chi connectivity index (χ3v) is 5.77. The smallest absolute Gasteiger partial charge is 0.331 e. The fourth-order valence-electron chi connectivity index (χ4n) is 3.99. The van der Waals surface area contributed by atoms with E-state index in [0.717, 1.165) is 29.9 Å². The Hall–Kier alpha value is -3.08. The van der Waals surface area contributed by atoms with E-state index < -0.39 is 5.97 Å². The van der Waals surface area contributed by atoms with E-state index in [1.807, 2.05) is 44.2 Å². The van der Waals surface area contributed by atoms with Crippen LogP contribution >= 0.6 is 0 Å². The number of hydrogen-bond donors (Lipinski definition) is 0. The molecule has 2 aromatic rings. The van der Waals surface area contributed by atoms with Gasteiger partial charge >= 0.3 is 5.97 Å². The van der Waals surface area contributed by atoms with Crippen molar-refractivity contribution in [3.63, 3.8) is 0 Å². The molecular weight excluding hydrogens is 390 g/mol. The minimum atomic E-state index is -0.547. The molecule has 164 valence electrons. The van der Waals surface area contributed by atoms with Crippen LogP contribution in [-0.4, -0.2) is 30.0 Å². The summed E-state index contributed by atoms with van der Waals surface area (Å²) in [6.45, 7) is 4.58. The Morgan fingerprint density at radius 3 is 2.74 bits per heavy atom. The van der Waals surface area contributed by atoms with Gasteiger partial charge in [-0.25, -0.2) is 4.79 Å². The highest BCUT2D eigenvalue weighted by Crippen LogP contribution is 2.23. The van der Waals surface area contributed by atoms with Crippen molar-refractivity contribution in [3.05, 3.63) is 70.6 Å². The maximum absolute atomic E-state index is 12.7. The largest absolute Gasteiger partial charge is 0.497 e. The predicted octanol–water partition coefficient (Wildman–Crippen LogP) is 5.44. The summed E-state index contributed by atoms with van der Waals surface area (Å²) in [7, 11) is 1.59. The molecule has 5 heteroatoms. The molecule has 31 heavy (non-hydrogen) atoms. The lowest BCUT2D eigenvalue weighted by molar-refractivity contribution is -0.136. The standard InChI is InChI=1S/C26H31NO4/c1-19-16-24(20(2)27(19)15-14-21-8-5-4-6-9-21)25(28)18-31-26(29)13-12-22-10-7-11-23(17-22)30-3/h7-8,10-13,16-17H,4-6,9,14-15,18H2,1-3H3/b13-12+. The van der Waals surface area contributed by atoms with E-state index in [2.05, 4.69) is 10.6 Å². The van der Waals surface area contributed by atoms with Crippen molar-refractivity contribution >= 4 is 17.8 Å². The van der Waals surface area contributed by atoms with Crippen LogP contribution in [0.1, 0.15) is 59.4 Å². The number of aromatic nitrogens is 1. The number of ether oxygens (including phenoxy) is 2. The molecule has 5 nitrogen and oxygen atoms in total. The summed E-state index contributed by atoms with van der Waals surface area (Å²) in [5, 5.41) is 0. The van der Waals surface area contributed by atoms with E-state index in [-0.39, 0.29) is 12.4 Å². The number of hydrogen-bond acceptors (Lipinski definition) is 4. The van der Waals surface area contributed by atoms with Gasteiger partial charge in [0.1, 0.15) is 5.75 Å². The van der Waals surface area contributed by atoms with Crippen LogP contribution in [-0.2, 0) is 16.1 Å². The zero-order valence-corrected chi connectivity index (χ0v) is 18.6. The lowest BCUT2D eigenvalue weighted by atomic mass is 9.97. The topological polar surface area (TPSA) is 57.5 Å². The summed E-state index contributed by atoms with van der Waals surface area (Å²) in [6.07, 6.45) is 11.3. The van der Waals surface area contributed by atoms with Crippen LogP contribution < -0.4 is 4.74 Å². The van der Waals surface area contributed by atoms with Gasteiger partial charge in [0, 0.05) is 29.6 Å². The van der Waals surface area contributed by atoms with Crippen LogP contribution in [0.3, 0.4) is 0 Å². The number of benzene rings is 1. The number of methoxy groups -OCH3 is 1. The van der Waals surface area contributed by atoms with Crippen molar-refractivity contribution in [2.24, 2.45) is 0 Å². The quantitative estimate of drug-likeness (QED) is 0.234. The van der Waals surface area contributed by atoms with Crippen molar-refractivity contribution in [3.8, 4) is 5.75 Å². The van der Waals surface area contributed by atoms with Crippen molar-refractivity contribution in [2.45, 2.75) is 52.5 Å². The molecule has 3 rings (SSSR count). The average molecular weight is 422 g/mol. The van der Waals surface area contributed by atoms with E-state index in [1.54, 1.807) is 13.2 Å². The second-order valence-corrected chi connectivity index (χ2v) is 7.94. The van der Waals surface area contributed by atoms with Crippen molar-refractivity contribution < 1.29 is 19.1 Å². The van der Waals surface area contributed by atoms with Crippen LogP contribution in [0.5, 0.6) is 5.75 Å². The van der Waals surface area contributed by atoms with Gasteiger partial charge in [0.15, 0.2) is 6.61 Å². The summed E-state index contributed by atoms with van der Waals surface area (Å²) in [4.78, 5) is 24.7. The molecule has 0 saturated heterocycles. The Bertz CT molecular complexity index is 997. The van der Waals surface area contributed by atoms with Crippen molar-refractivity contribution in [1.82, 2.24) is 4.57 Å². The number of carbonyl (C=O) groups excluding carboxylic acids is 2. The highest BCUT2D eigenvalue weighted by Gasteiger charge is 2.17. The fourth-order valence-corrected chi connectivity index (χ4v) is 3.99. The highest BCUT2D eigenvalue weighted by molar-refractivity contribution is 6.00. The molecule has 0 N–H and O–H groups in total. The predicted molar refractivity (Wildman–Crippen MR) is 122 cm³/mol. The van der Waals surface area contributed by atoms with Crippen LogP contribution in [0.15, 0.2) is 48.1 Å². The van der Waals surface area contributed by atoms with Gasteiger partial charge in [0.25, 0.3) is 0 Å². The molecule has 0 aliphatic heterocycles. The first-order valence-electron chi connectivity index (χ1n) is 10.8. The van der Waals surface area contributed by atoms with Gasteiger partial charge < -0.3 is 14.0 Å².